The summed E-state index contributed by atoms with van der Waals surface area (Å²) >= 11 is 0. The largest absolute Gasteiger partial charge is 0.358 e. The lowest BCUT2D eigenvalue weighted by Crippen LogP contribution is -2.27. The van der Waals surface area contributed by atoms with Crippen LogP contribution in [0.3, 0.4) is 0 Å². The fraction of sp³-hybridized carbons (Fsp3) is 0.435. The van der Waals surface area contributed by atoms with E-state index in [0.29, 0.717) is 0 Å². The fourth-order valence-corrected chi connectivity index (χ4v) is 19.0. The van der Waals surface area contributed by atoms with Crippen LogP contribution < -0.4 is 0 Å². The van der Waals surface area contributed by atoms with E-state index in [-0.39, 0.29) is 17.0 Å². The summed E-state index contributed by atoms with van der Waals surface area (Å²) in [6, 6.07) is 0. The van der Waals surface area contributed by atoms with Gasteiger partial charge in [-0.05, 0) is 187 Å². The first-order valence-corrected chi connectivity index (χ1v) is 41.0. The zero-order chi connectivity index (χ0) is 97.7. The molecule has 0 saturated carbocycles. The van der Waals surface area contributed by atoms with Crippen molar-refractivity contribution < 1.29 is 110 Å². The van der Waals surface area contributed by atoms with Crippen molar-refractivity contribution in [2.45, 2.75) is 257 Å². The summed E-state index contributed by atoms with van der Waals surface area (Å²) in [7, 11) is 0. The highest BCUT2D eigenvalue weighted by Crippen LogP contribution is 2.54. The third-order valence-corrected chi connectivity index (χ3v) is 28.0. The third kappa shape index (κ3) is 12.6. The number of hydrogen-bond acceptors (Lipinski definition) is 0. The van der Waals surface area contributed by atoms with Gasteiger partial charge in [-0.15, -0.1) is 0 Å². The average molecular weight is 1860 g/mol. The number of rotatable bonds is 0. The Morgan fingerprint density at radius 3 is 0.231 bits per heavy atom. The van der Waals surface area contributed by atoms with Crippen LogP contribution in [0, 0.1) is 152 Å². The van der Waals surface area contributed by atoms with Gasteiger partial charge in [0.2, 0.25) is 0 Å². The van der Waals surface area contributed by atoms with E-state index < -0.39 is 352 Å². The minimum absolute atomic E-state index is 0.0767. The van der Waals surface area contributed by atoms with E-state index >= 15 is 110 Å². The minimum atomic E-state index is -2.08. The standard InChI is InChI=1S/C50H52F13N7.C42H42F12N6/c1-16-17(51)31-45(4,5)33-20(54)21(55)35(66-33)47(8,9)37-24(58)25(59)39(68-37)49(12,13)41-28(62)29(63)43(70-41)50(14,15)42-27(61)26(60)40(69-42)48(10,11)38-23(57)22(56)36(67-38)46(6,7)34-19(53)18(52)32(65-34)44(2,3)30(16)64-31;1-37(2)25-13(43)15(45)27(55-25)38(3,4)29-17(47)19(49)31(57-29)40(7,8)33-21(51)23(53)35(59-33)42(11,12)36-24(54)22(52)34(60-36)41(9,10)32-20(50)18(48)30(58-32)39(5,6)28-16(46)14(44)26(37)56-28/h64-70H,1-15H3;55-60H,1-12H3. The van der Waals surface area contributed by atoms with Crippen LogP contribution in [0.5, 0.6) is 0 Å². The Kier molecular flexibility index (Phi) is 21.2. The van der Waals surface area contributed by atoms with Crippen LogP contribution in [0.1, 0.15) is 334 Å². The second kappa shape index (κ2) is 28.9. The molecule has 0 amide bonds. The highest BCUT2D eigenvalue weighted by molar-refractivity contribution is 5.54. The second-order valence-electron chi connectivity index (χ2n) is 41.0. The van der Waals surface area contributed by atoms with Gasteiger partial charge in [0.25, 0.3) is 0 Å². The topological polar surface area (TPSA) is 205 Å². The molecule has 15 rings (SSSR count). The van der Waals surface area contributed by atoms with E-state index in [9.17, 15) is 0 Å². The summed E-state index contributed by atoms with van der Waals surface area (Å²) in [5.74, 6) is -39.3. The highest BCUT2D eigenvalue weighted by Gasteiger charge is 2.54. The number of halogens is 25. The Labute approximate surface area is 728 Å². The van der Waals surface area contributed by atoms with Crippen LogP contribution in [0.25, 0.3) is 0 Å². The Balaban J connectivity index is 0.000000212. The maximum absolute atomic E-state index is 16.6. The summed E-state index contributed by atoms with van der Waals surface area (Å²) in [6.07, 6.45) is 0. The summed E-state index contributed by atoms with van der Waals surface area (Å²) in [5, 5.41) is 0. The van der Waals surface area contributed by atoms with Gasteiger partial charge in [0.15, 0.2) is 140 Å². The Morgan fingerprint density at radius 2 is 0.154 bits per heavy atom. The predicted molar refractivity (Wildman–Crippen MR) is 432 cm³/mol. The van der Waals surface area contributed by atoms with E-state index in [1.165, 1.54) is 173 Å². The molecule has 130 heavy (non-hydrogen) atoms. The minimum Gasteiger partial charge on any atom is -0.358 e. The molecule has 0 spiro atoms. The maximum atomic E-state index is 16.6. The van der Waals surface area contributed by atoms with Gasteiger partial charge < -0.3 is 64.8 Å². The Morgan fingerprint density at radius 1 is 0.100 bits per heavy atom. The Bertz CT molecular complexity index is 5440. The van der Waals surface area contributed by atoms with Crippen molar-refractivity contribution >= 4 is 0 Å². The molecule has 702 valence electrons. The highest BCUT2D eigenvalue weighted by atomic mass is 19.2. The molecule has 15 heterocycles. The molecule has 0 saturated heterocycles. The lowest BCUT2D eigenvalue weighted by atomic mass is 9.83. The summed E-state index contributed by atoms with van der Waals surface area (Å²) in [4.78, 5) is 33.3. The van der Waals surface area contributed by atoms with Crippen LogP contribution in [0.2, 0.25) is 0 Å². The number of H-pyrrole nitrogens is 13. The molecule has 0 aliphatic carbocycles. The molecule has 0 aromatic carbocycles. The number of aromatic amines is 13. The molecule has 0 atom stereocenters. The average Bonchev–Trinajstić information content (AvgIpc) is 1.56. The van der Waals surface area contributed by atoms with Gasteiger partial charge in [-0.3, -0.25) is 0 Å². The van der Waals surface area contributed by atoms with Gasteiger partial charge in [-0.1, -0.05) is 0 Å². The smallest absolute Gasteiger partial charge is 0.180 e. The Hall–Kier alpha value is -11.1. The third-order valence-electron chi connectivity index (χ3n) is 28.0. The van der Waals surface area contributed by atoms with Gasteiger partial charge in [0.1, 0.15) is 5.82 Å². The first kappa shape index (κ1) is 95.0. The normalized spacial score (nSPS) is 18.8. The first-order valence-electron chi connectivity index (χ1n) is 41.0. The van der Waals surface area contributed by atoms with Crippen molar-refractivity contribution in [2.75, 3.05) is 0 Å². The molecule has 13 aromatic heterocycles. The van der Waals surface area contributed by atoms with Crippen molar-refractivity contribution in [1.82, 2.24) is 64.8 Å². The lowest BCUT2D eigenvalue weighted by molar-refractivity contribution is 0.443. The van der Waals surface area contributed by atoms with Gasteiger partial charge >= 0.3 is 0 Å². The second-order valence-corrected chi connectivity index (χ2v) is 41.0. The van der Waals surface area contributed by atoms with Gasteiger partial charge in [-0.2, -0.15) is 0 Å². The summed E-state index contributed by atoms with van der Waals surface area (Å²) in [6.45, 7) is 32.7. The molecular weight excluding hydrogens is 1760 g/mol. The van der Waals surface area contributed by atoms with Gasteiger partial charge in [0.05, 0.1) is 207 Å². The summed E-state index contributed by atoms with van der Waals surface area (Å²) < 4.78 is 405. The zero-order valence-corrected chi connectivity index (χ0v) is 75.4. The molecule has 13 aromatic rings. The SMILES string of the molecule is CC1(C)c2[nH]c(c(F)c2F)C(C)(C)c2[nH]c(c(F)c2F)C(C)(C)c2[nH]c(c(F)c2F)C(C)(C)c2[nH]c(c(F)c2F)C(C)(C)c2[nH]c(c(F)c2F)C(C)(C)c2[nH]c1c(F)c2F.Cc1c2[nH]c(c1F)C(C)(C)c1[nH]c(c(F)c1F)C(C)(C)c1[nH]c(c(F)c1F)C(C)(C)c1[nH]c(c(F)c1F)C(C)(C)c1[nH]c(c(F)c1F)C(C)(C)c1[nH]c(c(F)c1F)C(C)(C)c1[nH]c(c(F)c1F)C2(C)C. The molecule has 0 fully saturated rings. The van der Waals surface area contributed by atoms with E-state index in [0.717, 1.165) is 13.8 Å². The molecule has 38 heteroatoms. The molecule has 2 aliphatic rings. The van der Waals surface area contributed by atoms with E-state index in [1.807, 2.05) is 0 Å². The zero-order valence-electron chi connectivity index (χ0n) is 75.4. The number of aromatic nitrogens is 13. The molecular formula is C92H94F25N13. The quantitative estimate of drug-likeness (QED) is 0.0641. The monoisotopic (exact) mass is 1860 g/mol. The predicted octanol–water partition coefficient (Wildman–Crippen LogP) is 25.3. The van der Waals surface area contributed by atoms with Crippen LogP contribution >= 0.6 is 0 Å². The van der Waals surface area contributed by atoms with E-state index in [4.69, 9.17) is 0 Å². The molecule has 13 N–H and O–H groups in total. The van der Waals surface area contributed by atoms with Gasteiger partial charge in [-0.25, -0.2) is 110 Å². The molecule has 0 radical (unpaired) electrons. The van der Waals surface area contributed by atoms with E-state index in [1.54, 1.807) is 0 Å². The van der Waals surface area contributed by atoms with Crippen LogP contribution in [0.4, 0.5) is 110 Å². The van der Waals surface area contributed by atoms with Crippen molar-refractivity contribution in [3.05, 3.63) is 299 Å². The molecule has 0 unspecified atom stereocenters. The van der Waals surface area contributed by atoms with E-state index in [2.05, 4.69) is 64.8 Å². The van der Waals surface area contributed by atoms with Gasteiger partial charge in [0, 0.05) is 16.7 Å². The molecule has 2 aliphatic heterocycles. The van der Waals surface area contributed by atoms with Crippen molar-refractivity contribution in [2.24, 2.45) is 0 Å². The maximum Gasteiger partial charge on any atom is 0.180 e. The van der Waals surface area contributed by atoms with Crippen LogP contribution in [0.15, 0.2) is 0 Å². The number of nitrogens with one attached hydrogen (secondary N) is 13. The van der Waals surface area contributed by atoms with Crippen LogP contribution in [-0.2, 0) is 70.4 Å². The van der Waals surface area contributed by atoms with Crippen molar-refractivity contribution in [1.29, 1.82) is 0 Å². The van der Waals surface area contributed by atoms with Crippen LogP contribution in [-0.4, -0.2) is 64.8 Å². The number of fused-ring (bicyclic) bond motifs is 26. The van der Waals surface area contributed by atoms with Crippen molar-refractivity contribution in [3.8, 4) is 0 Å². The lowest BCUT2D eigenvalue weighted by Gasteiger charge is -2.27. The molecule has 26 bridgehead atoms. The number of hydrogen-bond donors (Lipinski definition) is 13. The summed E-state index contributed by atoms with van der Waals surface area (Å²) in [5.41, 5.74) is -42.8. The van der Waals surface area contributed by atoms with Crippen molar-refractivity contribution in [3.63, 3.8) is 0 Å². The fourth-order valence-electron chi connectivity index (χ4n) is 19.0. The first-order chi connectivity index (χ1) is 59.1. The molecule has 13 nitrogen and oxygen atoms in total.